The standard InChI is InChI=1S/C14H16N2O5/c1-2-21-14(18)13(17)15(9-10-7-8-10)11-5-3-4-6-12(11)16(19)20/h3-6,10H,2,7-9H2,1H3. The van der Waals surface area contributed by atoms with Crippen molar-refractivity contribution in [3.05, 3.63) is 34.4 Å². The van der Waals surface area contributed by atoms with Gasteiger partial charge in [0.15, 0.2) is 0 Å². The Morgan fingerprint density at radius 2 is 2.05 bits per heavy atom. The van der Waals surface area contributed by atoms with Gasteiger partial charge in [0.25, 0.3) is 5.69 Å². The highest BCUT2D eigenvalue weighted by atomic mass is 16.6. The third-order valence-corrected chi connectivity index (χ3v) is 3.20. The molecule has 1 amide bonds. The first-order valence-electron chi connectivity index (χ1n) is 6.76. The monoisotopic (exact) mass is 292 g/mol. The number of esters is 1. The Hall–Kier alpha value is -2.44. The summed E-state index contributed by atoms with van der Waals surface area (Å²) in [7, 11) is 0. The average Bonchev–Trinajstić information content (AvgIpc) is 3.28. The number of nitro groups is 1. The number of carbonyl (C=O) groups is 2. The third-order valence-electron chi connectivity index (χ3n) is 3.20. The summed E-state index contributed by atoms with van der Waals surface area (Å²) in [5.74, 6) is -1.57. The third kappa shape index (κ3) is 3.56. The van der Waals surface area contributed by atoms with Crippen molar-refractivity contribution in [3.8, 4) is 0 Å². The van der Waals surface area contributed by atoms with E-state index in [0.717, 1.165) is 17.7 Å². The van der Waals surface area contributed by atoms with Gasteiger partial charge in [0, 0.05) is 12.6 Å². The lowest BCUT2D eigenvalue weighted by Crippen LogP contribution is -2.39. The van der Waals surface area contributed by atoms with Crippen LogP contribution in [-0.2, 0) is 14.3 Å². The smallest absolute Gasteiger partial charge is 0.397 e. The van der Waals surface area contributed by atoms with Gasteiger partial charge in [0.1, 0.15) is 5.69 Å². The van der Waals surface area contributed by atoms with Gasteiger partial charge in [-0.25, -0.2) is 4.79 Å². The summed E-state index contributed by atoms with van der Waals surface area (Å²) in [6.07, 6.45) is 1.90. The van der Waals surface area contributed by atoms with Gasteiger partial charge >= 0.3 is 11.9 Å². The van der Waals surface area contributed by atoms with E-state index in [1.54, 1.807) is 13.0 Å². The second-order valence-corrected chi connectivity index (χ2v) is 4.83. The largest absolute Gasteiger partial charge is 0.459 e. The highest BCUT2D eigenvalue weighted by molar-refractivity contribution is 6.38. The van der Waals surface area contributed by atoms with E-state index < -0.39 is 16.8 Å². The number of rotatable bonds is 5. The van der Waals surface area contributed by atoms with Crippen molar-refractivity contribution in [1.29, 1.82) is 0 Å². The predicted molar refractivity (Wildman–Crippen MR) is 74.8 cm³/mol. The van der Waals surface area contributed by atoms with Gasteiger partial charge in [-0.1, -0.05) is 12.1 Å². The van der Waals surface area contributed by atoms with Gasteiger partial charge in [-0.05, 0) is 31.7 Å². The van der Waals surface area contributed by atoms with Crippen LogP contribution in [0.25, 0.3) is 0 Å². The average molecular weight is 292 g/mol. The Balaban J connectivity index is 2.33. The molecule has 21 heavy (non-hydrogen) atoms. The molecule has 1 aliphatic carbocycles. The van der Waals surface area contributed by atoms with E-state index in [9.17, 15) is 19.7 Å². The summed E-state index contributed by atoms with van der Waals surface area (Å²) >= 11 is 0. The molecule has 0 bridgehead atoms. The molecule has 0 atom stereocenters. The molecule has 2 rings (SSSR count). The quantitative estimate of drug-likeness (QED) is 0.358. The van der Waals surface area contributed by atoms with Gasteiger partial charge < -0.3 is 4.74 Å². The number of hydrogen-bond acceptors (Lipinski definition) is 5. The van der Waals surface area contributed by atoms with Crippen LogP contribution in [0.3, 0.4) is 0 Å². The zero-order valence-corrected chi connectivity index (χ0v) is 11.7. The number of benzene rings is 1. The molecule has 0 radical (unpaired) electrons. The van der Waals surface area contributed by atoms with Gasteiger partial charge in [-0.15, -0.1) is 0 Å². The molecule has 1 aromatic carbocycles. The van der Waals surface area contributed by atoms with E-state index in [1.807, 2.05) is 0 Å². The lowest BCUT2D eigenvalue weighted by Gasteiger charge is -2.21. The molecule has 1 aliphatic rings. The van der Waals surface area contributed by atoms with E-state index in [4.69, 9.17) is 4.74 Å². The SMILES string of the molecule is CCOC(=O)C(=O)N(CC1CC1)c1ccccc1[N+](=O)[O-]. The number of hydrogen-bond donors (Lipinski definition) is 0. The number of amides is 1. The van der Waals surface area contributed by atoms with Gasteiger partial charge in [-0.2, -0.15) is 0 Å². The lowest BCUT2D eigenvalue weighted by atomic mass is 10.2. The van der Waals surface area contributed by atoms with E-state index in [-0.39, 0.29) is 23.9 Å². The normalized spacial score (nSPS) is 13.6. The molecule has 0 heterocycles. The fourth-order valence-corrected chi connectivity index (χ4v) is 2.00. The van der Waals surface area contributed by atoms with Crippen molar-refractivity contribution in [3.63, 3.8) is 0 Å². The zero-order valence-electron chi connectivity index (χ0n) is 11.7. The van der Waals surface area contributed by atoms with Crippen LogP contribution in [-0.4, -0.2) is 30.0 Å². The summed E-state index contributed by atoms with van der Waals surface area (Å²) < 4.78 is 4.71. The Bertz CT molecular complexity index is 568. The second-order valence-electron chi connectivity index (χ2n) is 4.83. The van der Waals surface area contributed by atoms with Crippen LogP contribution in [0.15, 0.2) is 24.3 Å². The summed E-state index contributed by atoms with van der Waals surface area (Å²) in [4.78, 5) is 35.6. The predicted octanol–water partition coefficient (Wildman–Crippen LogP) is 1.90. The summed E-state index contributed by atoms with van der Waals surface area (Å²) in [5.41, 5.74) is -0.0664. The van der Waals surface area contributed by atoms with Crippen molar-refractivity contribution in [1.82, 2.24) is 0 Å². The second kappa shape index (κ2) is 6.34. The molecule has 0 N–H and O–H groups in total. The van der Waals surface area contributed by atoms with Crippen molar-refractivity contribution in [2.45, 2.75) is 19.8 Å². The summed E-state index contributed by atoms with van der Waals surface area (Å²) in [6.45, 7) is 1.97. The maximum absolute atomic E-state index is 12.2. The van der Waals surface area contributed by atoms with Crippen LogP contribution in [0.2, 0.25) is 0 Å². The van der Waals surface area contributed by atoms with Gasteiger partial charge in [-0.3, -0.25) is 19.8 Å². The zero-order chi connectivity index (χ0) is 15.4. The Morgan fingerprint density at radius 3 is 2.62 bits per heavy atom. The van der Waals surface area contributed by atoms with Gasteiger partial charge in [0.05, 0.1) is 11.5 Å². The molecule has 0 unspecified atom stereocenters. The molecule has 0 aliphatic heterocycles. The van der Waals surface area contributed by atoms with Crippen LogP contribution in [0.4, 0.5) is 11.4 Å². The molecule has 7 nitrogen and oxygen atoms in total. The minimum absolute atomic E-state index is 0.0821. The Kier molecular flexibility index (Phi) is 4.52. The number of anilines is 1. The van der Waals surface area contributed by atoms with Crippen molar-refractivity contribution < 1.29 is 19.2 Å². The minimum Gasteiger partial charge on any atom is -0.459 e. The molecule has 0 aromatic heterocycles. The topological polar surface area (TPSA) is 89.8 Å². The first-order valence-corrected chi connectivity index (χ1v) is 6.76. The number of carbonyl (C=O) groups excluding carboxylic acids is 2. The first-order chi connectivity index (χ1) is 10.0. The maximum Gasteiger partial charge on any atom is 0.397 e. The fourth-order valence-electron chi connectivity index (χ4n) is 2.00. The first kappa shape index (κ1) is 15.0. The van der Waals surface area contributed by atoms with Crippen LogP contribution in [0.5, 0.6) is 0 Å². The van der Waals surface area contributed by atoms with E-state index in [1.165, 1.54) is 18.2 Å². The summed E-state index contributed by atoms with van der Waals surface area (Å²) in [5, 5.41) is 11.1. The fraction of sp³-hybridized carbons (Fsp3) is 0.429. The highest BCUT2D eigenvalue weighted by Gasteiger charge is 2.34. The van der Waals surface area contributed by atoms with Crippen LogP contribution in [0, 0.1) is 16.0 Å². The van der Waals surface area contributed by atoms with Crippen molar-refractivity contribution in [2.24, 2.45) is 5.92 Å². The molecule has 1 saturated carbocycles. The minimum atomic E-state index is -0.990. The Labute approximate surface area is 121 Å². The van der Waals surface area contributed by atoms with E-state index in [0.29, 0.717) is 6.54 Å². The summed E-state index contributed by atoms with van der Waals surface area (Å²) in [6, 6.07) is 5.90. The van der Waals surface area contributed by atoms with Gasteiger partial charge in [0.2, 0.25) is 0 Å². The molecule has 0 spiro atoms. The highest BCUT2D eigenvalue weighted by Crippen LogP contribution is 2.34. The molecule has 0 saturated heterocycles. The van der Waals surface area contributed by atoms with E-state index >= 15 is 0 Å². The lowest BCUT2D eigenvalue weighted by molar-refractivity contribution is -0.384. The Morgan fingerprint density at radius 1 is 1.38 bits per heavy atom. The molecule has 1 fully saturated rings. The number of para-hydroxylation sites is 2. The number of ether oxygens (including phenoxy) is 1. The molecular formula is C14H16N2O5. The molecular weight excluding hydrogens is 276 g/mol. The molecule has 7 heteroatoms. The maximum atomic E-state index is 12.2. The molecule has 1 aromatic rings. The van der Waals surface area contributed by atoms with Crippen molar-refractivity contribution >= 4 is 23.3 Å². The van der Waals surface area contributed by atoms with Crippen LogP contribution < -0.4 is 4.90 Å². The van der Waals surface area contributed by atoms with Crippen LogP contribution in [0.1, 0.15) is 19.8 Å². The number of nitrogens with zero attached hydrogens (tertiary/aromatic N) is 2. The van der Waals surface area contributed by atoms with Crippen LogP contribution >= 0.6 is 0 Å². The van der Waals surface area contributed by atoms with Crippen molar-refractivity contribution in [2.75, 3.05) is 18.1 Å². The molecule has 112 valence electrons. The van der Waals surface area contributed by atoms with E-state index in [2.05, 4.69) is 0 Å². The number of nitro benzene ring substituents is 1.